The highest BCUT2D eigenvalue weighted by molar-refractivity contribution is 6.31. The molecule has 0 N–H and O–H groups in total. The van der Waals surface area contributed by atoms with E-state index in [1.54, 1.807) is 0 Å². The van der Waals surface area contributed by atoms with Gasteiger partial charge in [0.05, 0.1) is 11.2 Å². The van der Waals surface area contributed by atoms with Crippen molar-refractivity contribution in [3.63, 3.8) is 0 Å². The van der Waals surface area contributed by atoms with Crippen molar-refractivity contribution >= 4 is 22.5 Å². The Hall–Kier alpha value is -1.16. The van der Waals surface area contributed by atoms with Gasteiger partial charge >= 0.3 is 0 Å². The van der Waals surface area contributed by atoms with E-state index in [0.29, 0.717) is 0 Å². The number of aromatic nitrogens is 1. The van der Waals surface area contributed by atoms with Gasteiger partial charge in [-0.1, -0.05) is 17.7 Å². The van der Waals surface area contributed by atoms with Gasteiger partial charge in [-0.15, -0.1) is 0 Å². The van der Waals surface area contributed by atoms with E-state index in [4.69, 9.17) is 11.6 Å². The van der Waals surface area contributed by atoms with Crippen molar-refractivity contribution in [3.05, 3.63) is 41.0 Å². The van der Waals surface area contributed by atoms with Crippen LogP contribution in [0.5, 0.6) is 0 Å². The van der Waals surface area contributed by atoms with Gasteiger partial charge in [-0.25, -0.2) is 0 Å². The summed E-state index contributed by atoms with van der Waals surface area (Å²) in [6, 6.07) is 10.0. The zero-order valence-corrected chi connectivity index (χ0v) is 13.2. The molecule has 0 atom stereocenters. The van der Waals surface area contributed by atoms with E-state index >= 15 is 0 Å². The summed E-state index contributed by atoms with van der Waals surface area (Å²) in [5.74, 6) is 0. The molecule has 1 heterocycles. The van der Waals surface area contributed by atoms with Crippen LogP contribution in [-0.2, 0) is 6.54 Å². The van der Waals surface area contributed by atoms with Crippen LogP contribution in [0.2, 0.25) is 5.02 Å². The van der Waals surface area contributed by atoms with E-state index in [-0.39, 0.29) is 0 Å². The first kappa shape index (κ1) is 15.2. The molecule has 2 rings (SSSR count). The van der Waals surface area contributed by atoms with Crippen LogP contribution in [0.25, 0.3) is 10.9 Å². The van der Waals surface area contributed by atoms with E-state index in [1.807, 2.05) is 18.2 Å². The van der Waals surface area contributed by atoms with Crippen LogP contribution in [0, 0.1) is 0 Å². The van der Waals surface area contributed by atoms with Gasteiger partial charge in [-0.05, 0) is 64.9 Å². The Labute approximate surface area is 126 Å². The average molecular weight is 292 g/mol. The SMILES string of the molecule is CN(C)CCCN(C)Cc1ccc2cc(Cl)ccc2n1. The highest BCUT2D eigenvalue weighted by atomic mass is 35.5. The highest BCUT2D eigenvalue weighted by Gasteiger charge is 2.04. The molecule has 0 amide bonds. The number of halogens is 1. The van der Waals surface area contributed by atoms with Gasteiger partial charge in [0.1, 0.15) is 0 Å². The molecule has 3 nitrogen and oxygen atoms in total. The third-order valence-electron chi connectivity index (χ3n) is 3.29. The van der Waals surface area contributed by atoms with Crippen molar-refractivity contribution in [2.45, 2.75) is 13.0 Å². The maximum atomic E-state index is 5.99. The number of benzene rings is 1. The van der Waals surface area contributed by atoms with Crippen LogP contribution in [0.1, 0.15) is 12.1 Å². The lowest BCUT2D eigenvalue weighted by molar-refractivity contribution is 0.292. The summed E-state index contributed by atoms with van der Waals surface area (Å²) in [6.45, 7) is 3.08. The van der Waals surface area contributed by atoms with Gasteiger partial charge in [-0.3, -0.25) is 4.98 Å². The first-order chi connectivity index (χ1) is 9.54. The van der Waals surface area contributed by atoms with Crippen LogP contribution in [-0.4, -0.2) is 49.0 Å². The van der Waals surface area contributed by atoms with Gasteiger partial charge in [0.15, 0.2) is 0 Å². The third-order valence-corrected chi connectivity index (χ3v) is 3.52. The normalized spacial score (nSPS) is 11.7. The molecule has 0 saturated heterocycles. The molecule has 0 aliphatic carbocycles. The minimum absolute atomic E-state index is 0.757. The lowest BCUT2D eigenvalue weighted by Crippen LogP contribution is -2.23. The Morgan fingerprint density at radius 3 is 2.60 bits per heavy atom. The molecular formula is C16H22ClN3. The molecule has 2 aromatic rings. The van der Waals surface area contributed by atoms with Crippen molar-refractivity contribution in [1.29, 1.82) is 0 Å². The van der Waals surface area contributed by atoms with Crippen molar-refractivity contribution in [3.8, 4) is 0 Å². The summed E-state index contributed by atoms with van der Waals surface area (Å²) in [6.07, 6.45) is 1.17. The fourth-order valence-corrected chi connectivity index (χ4v) is 2.42. The number of rotatable bonds is 6. The van der Waals surface area contributed by atoms with Crippen molar-refractivity contribution in [2.75, 3.05) is 34.2 Å². The smallest absolute Gasteiger partial charge is 0.0706 e. The van der Waals surface area contributed by atoms with Crippen LogP contribution in [0.3, 0.4) is 0 Å². The van der Waals surface area contributed by atoms with Crippen molar-refractivity contribution < 1.29 is 0 Å². The zero-order valence-electron chi connectivity index (χ0n) is 12.4. The fourth-order valence-electron chi connectivity index (χ4n) is 2.24. The van der Waals surface area contributed by atoms with Crippen LogP contribution in [0.15, 0.2) is 30.3 Å². The Kier molecular flexibility index (Phi) is 5.35. The minimum Gasteiger partial charge on any atom is -0.309 e. The molecule has 1 aromatic heterocycles. The van der Waals surface area contributed by atoms with Gasteiger partial charge in [0.25, 0.3) is 0 Å². The molecule has 0 spiro atoms. The average Bonchev–Trinajstić information content (AvgIpc) is 2.38. The molecule has 108 valence electrons. The standard InChI is InChI=1S/C16H22ClN3/c1-19(2)9-4-10-20(3)12-15-7-5-13-11-14(17)6-8-16(13)18-15/h5-8,11H,4,9-10,12H2,1-3H3. The topological polar surface area (TPSA) is 19.4 Å². The molecule has 4 heteroatoms. The summed E-state index contributed by atoms with van der Waals surface area (Å²) in [7, 11) is 6.36. The lowest BCUT2D eigenvalue weighted by atomic mass is 10.2. The second-order valence-electron chi connectivity index (χ2n) is 5.53. The first-order valence-electron chi connectivity index (χ1n) is 6.93. The summed E-state index contributed by atoms with van der Waals surface area (Å²) in [5, 5.41) is 1.85. The van der Waals surface area contributed by atoms with Crippen molar-refractivity contribution in [1.82, 2.24) is 14.8 Å². The monoisotopic (exact) mass is 291 g/mol. The van der Waals surface area contributed by atoms with Gasteiger partial charge < -0.3 is 9.80 Å². The first-order valence-corrected chi connectivity index (χ1v) is 7.31. The number of nitrogens with zero attached hydrogens (tertiary/aromatic N) is 3. The summed E-state index contributed by atoms with van der Waals surface area (Å²) < 4.78 is 0. The Morgan fingerprint density at radius 1 is 1.05 bits per heavy atom. The van der Waals surface area contributed by atoms with E-state index in [1.165, 1.54) is 6.42 Å². The Bertz CT molecular complexity index is 569. The maximum absolute atomic E-state index is 5.99. The predicted octanol–water partition coefficient (Wildman–Crippen LogP) is 3.27. The Morgan fingerprint density at radius 2 is 1.85 bits per heavy atom. The largest absolute Gasteiger partial charge is 0.309 e. The molecule has 0 saturated carbocycles. The lowest BCUT2D eigenvalue weighted by Gasteiger charge is -2.17. The van der Waals surface area contributed by atoms with E-state index in [0.717, 1.165) is 41.3 Å². The minimum atomic E-state index is 0.757. The molecule has 0 bridgehead atoms. The molecule has 0 radical (unpaired) electrons. The van der Waals surface area contributed by atoms with E-state index < -0.39 is 0 Å². The second-order valence-corrected chi connectivity index (χ2v) is 5.97. The summed E-state index contributed by atoms with van der Waals surface area (Å²) in [4.78, 5) is 9.22. The number of pyridine rings is 1. The van der Waals surface area contributed by atoms with Crippen molar-refractivity contribution in [2.24, 2.45) is 0 Å². The number of hydrogen-bond acceptors (Lipinski definition) is 3. The molecule has 0 unspecified atom stereocenters. The number of fused-ring (bicyclic) bond motifs is 1. The van der Waals surface area contributed by atoms with E-state index in [2.05, 4.69) is 48.1 Å². The predicted molar refractivity (Wildman–Crippen MR) is 86.3 cm³/mol. The molecule has 0 aliphatic heterocycles. The molecule has 20 heavy (non-hydrogen) atoms. The van der Waals surface area contributed by atoms with Crippen LogP contribution < -0.4 is 0 Å². The zero-order chi connectivity index (χ0) is 14.5. The number of hydrogen-bond donors (Lipinski definition) is 0. The van der Waals surface area contributed by atoms with Crippen LogP contribution in [0.4, 0.5) is 0 Å². The maximum Gasteiger partial charge on any atom is 0.0706 e. The third kappa shape index (κ3) is 4.44. The van der Waals surface area contributed by atoms with Gasteiger partial charge in [0, 0.05) is 17.0 Å². The van der Waals surface area contributed by atoms with E-state index in [9.17, 15) is 0 Å². The molecular weight excluding hydrogens is 270 g/mol. The Balaban J connectivity index is 1.97. The second kappa shape index (κ2) is 7.02. The molecule has 1 aromatic carbocycles. The quantitative estimate of drug-likeness (QED) is 0.814. The summed E-state index contributed by atoms with van der Waals surface area (Å²) >= 11 is 5.99. The van der Waals surface area contributed by atoms with Crippen LogP contribution >= 0.6 is 11.6 Å². The molecule has 0 fully saturated rings. The molecule has 0 aliphatic rings. The van der Waals surface area contributed by atoms with Gasteiger partial charge in [-0.2, -0.15) is 0 Å². The summed E-state index contributed by atoms with van der Waals surface area (Å²) in [5.41, 5.74) is 2.11. The van der Waals surface area contributed by atoms with Gasteiger partial charge in [0.2, 0.25) is 0 Å². The highest BCUT2D eigenvalue weighted by Crippen LogP contribution is 2.18. The fraction of sp³-hybridized carbons (Fsp3) is 0.438.